The van der Waals surface area contributed by atoms with Crippen LogP contribution in [0.3, 0.4) is 0 Å². The van der Waals surface area contributed by atoms with Crippen molar-refractivity contribution in [2.24, 2.45) is 4.99 Å². The van der Waals surface area contributed by atoms with Gasteiger partial charge in [0.25, 0.3) is 0 Å². The topological polar surface area (TPSA) is 58.3 Å². The molecule has 0 bridgehead atoms. The van der Waals surface area contributed by atoms with Crippen LogP contribution < -0.4 is 5.32 Å². The van der Waals surface area contributed by atoms with Gasteiger partial charge >= 0.3 is 0 Å². The second-order valence-corrected chi connectivity index (χ2v) is 9.31. The molecule has 9 heteroatoms. The van der Waals surface area contributed by atoms with Gasteiger partial charge in [0, 0.05) is 44.0 Å². The summed E-state index contributed by atoms with van der Waals surface area (Å²) in [7, 11) is 2.12. The molecule has 0 aromatic carbocycles. The number of aliphatic imine (C=N–C) groups is 1. The van der Waals surface area contributed by atoms with Crippen LogP contribution in [0.15, 0.2) is 27.7 Å². The van der Waals surface area contributed by atoms with E-state index in [1.165, 1.54) is 30.6 Å². The summed E-state index contributed by atoms with van der Waals surface area (Å²) in [5, 5.41) is 15.5. The zero-order valence-electron chi connectivity index (χ0n) is 18.3. The van der Waals surface area contributed by atoms with Crippen LogP contribution in [0, 0.1) is 0 Å². The van der Waals surface area contributed by atoms with Crippen LogP contribution in [0.2, 0.25) is 0 Å². The lowest BCUT2D eigenvalue weighted by molar-refractivity contribution is 0.460. The van der Waals surface area contributed by atoms with Crippen LogP contribution in [0.1, 0.15) is 55.8 Å². The first-order chi connectivity index (χ1) is 14.2. The lowest BCUT2D eigenvalue weighted by Gasteiger charge is -2.21. The number of aryl methyl sites for hydroxylation is 1. The van der Waals surface area contributed by atoms with Crippen LogP contribution >= 0.6 is 47.1 Å². The third-order valence-electron chi connectivity index (χ3n) is 5.40. The van der Waals surface area contributed by atoms with E-state index in [-0.39, 0.29) is 24.0 Å². The van der Waals surface area contributed by atoms with Crippen LogP contribution in [-0.2, 0) is 12.8 Å². The molecule has 30 heavy (non-hydrogen) atoms. The average Bonchev–Trinajstić information content (AvgIpc) is 3.49. The number of halogens is 1. The maximum atomic E-state index is 4.85. The van der Waals surface area contributed by atoms with Crippen LogP contribution in [0.25, 0.3) is 0 Å². The summed E-state index contributed by atoms with van der Waals surface area (Å²) in [6, 6.07) is 4.91. The molecule has 0 aliphatic heterocycles. The predicted molar refractivity (Wildman–Crippen MR) is 140 cm³/mol. The van der Waals surface area contributed by atoms with Crippen molar-refractivity contribution in [2.45, 2.75) is 63.1 Å². The Bertz CT molecular complexity index is 756. The Balaban J connectivity index is 0.00000320. The molecule has 2 aromatic rings. The highest BCUT2D eigenvalue weighted by Gasteiger charge is 2.23. The van der Waals surface area contributed by atoms with Gasteiger partial charge in [-0.05, 0) is 50.3 Å². The summed E-state index contributed by atoms with van der Waals surface area (Å²) in [4.78, 5) is 8.51. The molecule has 1 aliphatic carbocycles. The van der Waals surface area contributed by atoms with Crippen molar-refractivity contribution in [1.82, 2.24) is 25.0 Å². The molecule has 168 valence electrons. The summed E-state index contributed by atoms with van der Waals surface area (Å²) in [6.07, 6.45) is 10.2. The number of thioether (sulfide) groups is 1. The molecule has 1 N–H and O–H groups in total. The van der Waals surface area contributed by atoms with E-state index >= 15 is 0 Å². The lowest BCUT2D eigenvalue weighted by Crippen LogP contribution is -2.40. The summed E-state index contributed by atoms with van der Waals surface area (Å²) >= 11 is 3.53. The zero-order valence-corrected chi connectivity index (χ0v) is 22.3. The molecule has 2 heterocycles. The Hall–Kier alpha value is -0.810. The molecule has 0 saturated heterocycles. The van der Waals surface area contributed by atoms with Gasteiger partial charge < -0.3 is 14.8 Å². The van der Waals surface area contributed by atoms with E-state index in [4.69, 9.17) is 4.99 Å². The van der Waals surface area contributed by atoms with Crippen molar-refractivity contribution in [3.8, 4) is 0 Å². The van der Waals surface area contributed by atoms with Gasteiger partial charge in [0.05, 0.1) is 0 Å². The Morgan fingerprint density at radius 3 is 2.80 bits per heavy atom. The number of aromatic nitrogens is 3. The van der Waals surface area contributed by atoms with E-state index in [1.54, 1.807) is 11.8 Å². The first kappa shape index (κ1) is 25.5. The monoisotopic (exact) mass is 562 g/mol. The molecule has 0 radical (unpaired) electrons. The minimum Gasteiger partial charge on any atom is -0.357 e. The van der Waals surface area contributed by atoms with Crippen molar-refractivity contribution in [1.29, 1.82) is 0 Å². The molecule has 0 spiro atoms. The van der Waals surface area contributed by atoms with Crippen molar-refractivity contribution >= 4 is 53.0 Å². The van der Waals surface area contributed by atoms with Crippen molar-refractivity contribution in [3.05, 3.63) is 28.2 Å². The number of rotatable bonds is 10. The molecule has 0 atom stereocenters. The van der Waals surface area contributed by atoms with Crippen molar-refractivity contribution < 1.29 is 0 Å². The van der Waals surface area contributed by atoms with E-state index in [2.05, 4.69) is 62.7 Å². The molecule has 3 rings (SSSR count). The number of hydrogen-bond donors (Lipinski definition) is 1. The number of hydrogen-bond acceptors (Lipinski definition) is 5. The summed E-state index contributed by atoms with van der Waals surface area (Å²) in [5.74, 6) is 2.12. The highest BCUT2D eigenvalue weighted by molar-refractivity contribution is 14.0. The fourth-order valence-corrected chi connectivity index (χ4v) is 5.15. The highest BCUT2D eigenvalue weighted by atomic mass is 127. The predicted octanol–water partition coefficient (Wildman–Crippen LogP) is 4.87. The van der Waals surface area contributed by atoms with E-state index in [0.717, 1.165) is 55.8 Å². The molecule has 0 unspecified atom stereocenters. The van der Waals surface area contributed by atoms with E-state index in [1.807, 2.05) is 11.3 Å². The van der Waals surface area contributed by atoms with Gasteiger partial charge in [-0.1, -0.05) is 30.7 Å². The van der Waals surface area contributed by atoms with Gasteiger partial charge in [-0.25, -0.2) is 0 Å². The Morgan fingerprint density at radius 2 is 2.13 bits per heavy atom. The zero-order chi connectivity index (χ0) is 20.5. The normalized spacial score (nSPS) is 14.7. The van der Waals surface area contributed by atoms with Gasteiger partial charge in [-0.3, -0.25) is 4.99 Å². The number of nitrogens with zero attached hydrogens (tertiary/aromatic N) is 5. The number of guanidine groups is 1. The number of likely N-dealkylation sites (N-methyl/N-ethyl adjacent to an activating group) is 1. The third kappa shape index (κ3) is 7.12. The molecular weight excluding hydrogens is 527 g/mol. The van der Waals surface area contributed by atoms with Gasteiger partial charge in [0.15, 0.2) is 11.1 Å². The van der Waals surface area contributed by atoms with E-state index in [9.17, 15) is 0 Å². The number of thiophene rings is 1. The summed E-state index contributed by atoms with van der Waals surface area (Å²) in [6.45, 7) is 4.78. The van der Waals surface area contributed by atoms with Crippen LogP contribution in [0.4, 0.5) is 0 Å². The average molecular weight is 563 g/mol. The van der Waals surface area contributed by atoms with Gasteiger partial charge in [0.1, 0.15) is 5.82 Å². The molecule has 1 aliphatic rings. The fraction of sp³-hybridized carbons (Fsp3) is 0.667. The maximum absolute atomic E-state index is 4.85. The number of nitrogens with one attached hydrogen (secondary N) is 1. The fourth-order valence-electron chi connectivity index (χ4n) is 3.88. The minimum atomic E-state index is 0. The lowest BCUT2D eigenvalue weighted by atomic mass is 10.2. The molecular formula is C21H35IN6S2. The standard InChI is InChI=1S/C21H34N6S2.HI/c1-4-22-20(26(2)15-13-18-11-8-16-29-18)23-14-7-12-19-24-25-21(28-3)27(19)17-9-5-6-10-17;/h8,11,16-17H,4-7,9-10,12-15H2,1-3H3,(H,22,23);1H. The first-order valence-corrected chi connectivity index (χ1v) is 12.8. The highest BCUT2D eigenvalue weighted by Crippen LogP contribution is 2.33. The van der Waals surface area contributed by atoms with E-state index in [0.29, 0.717) is 6.04 Å². The minimum absolute atomic E-state index is 0. The van der Waals surface area contributed by atoms with Gasteiger partial charge in [0.2, 0.25) is 0 Å². The van der Waals surface area contributed by atoms with E-state index < -0.39 is 0 Å². The van der Waals surface area contributed by atoms with Crippen LogP contribution in [0.5, 0.6) is 0 Å². The molecule has 0 amide bonds. The smallest absolute Gasteiger partial charge is 0.193 e. The Morgan fingerprint density at radius 1 is 1.33 bits per heavy atom. The molecule has 2 aromatic heterocycles. The van der Waals surface area contributed by atoms with Crippen LogP contribution in [-0.4, -0.2) is 58.6 Å². The van der Waals surface area contributed by atoms with Crippen molar-refractivity contribution in [3.63, 3.8) is 0 Å². The second kappa shape index (κ2) is 13.6. The Kier molecular flexibility index (Phi) is 11.5. The maximum Gasteiger partial charge on any atom is 0.193 e. The third-order valence-corrected chi connectivity index (χ3v) is 6.98. The summed E-state index contributed by atoms with van der Waals surface area (Å²) in [5.41, 5.74) is 0. The second-order valence-electron chi connectivity index (χ2n) is 7.50. The Labute approximate surface area is 206 Å². The SMILES string of the molecule is CCNC(=NCCCc1nnc(SC)n1C1CCCC1)N(C)CCc1cccs1.I. The van der Waals surface area contributed by atoms with Gasteiger partial charge in [-0.15, -0.1) is 45.5 Å². The first-order valence-electron chi connectivity index (χ1n) is 10.7. The largest absolute Gasteiger partial charge is 0.357 e. The molecule has 6 nitrogen and oxygen atoms in total. The quantitative estimate of drug-likeness (QED) is 0.147. The van der Waals surface area contributed by atoms with Gasteiger partial charge in [-0.2, -0.15) is 0 Å². The summed E-state index contributed by atoms with van der Waals surface area (Å²) < 4.78 is 2.40. The molecule has 1 saturated carbocycles. The van der Waals surface area contributed by atoms with Crippen molar-refractivity contribution in [2.75, 3.05) is 32.9 Å². The molecule has 1 fully saturated rings.